The summed E-state index contributed by atoms with van der Waals surface area (Å²) in [5.74, 6) is -4.95. The Labute approximate surface area is 255 Å². The zero-order valence-electron chi connectivity index (χ0n) is 24.9. The normalized spacial score (nSPS) is 16.3. The standard InChI is InChI=1S/C35H35F3N2O4/c1-34(2,3)44-33(41)40-19-18-29(35(37,38)23-40)28-15-14-26(20-30(28)36)27-16-17-31(42-21-24-10-6-4-7-11-24)39-32(27)43-22-25-12-8-5-9-13-25/h4-17,20,29H,18-19,21-23H2,1-3H3. The fourth-order valence-electron chi connectivity index (χ4n) is 5.07. The highest BCUT2D eigenvalue weighted by atomic mass is 19.3. The minimum atomic E-state index is -3.35. The molecule has 230 valence electrons. The number of halogens is 3. The van der Waals surface area contributed by atoms with E-state index < -0.39 is 35.9 Å². The first-order valence-corrected chi connectivity index (χ1v) is 14.5. The first-order chi connectivity index (χ1) is 21.0. The fourth-order valence-corrected chi connectivity index (χ4v) is 5.07. The van der Waals surface area contributed by atoms with Crippen molar-refractivity contribution in [3.05, 3.63) is 114 Å². The maximum absolute atomic E-state index is 15.6. The van der Waals surface area contributed by atoms with Gasteiger partial charge in [0.15, 0.2) is 0 Å². The Balaban J connectivity index is 1.37. The summed E-state index contributed by atoms with van der Waals surface area (Å²) in [6, 6.07) is 26.7. The van der Waals surface area contributed by atoms with E-state index in [0.717, 1.165) is 16.0 Å². The molecule has 0 saturated carbocycles. The van der Waals surface area contributed by atoms with Crippen LogP contribution in [0, 0.1) is 5.82 Å². The van der Waals surface area contributed by atoms with Crippen LogP contribution in [0.5, 0.6) is 11.8 Å². The lowest BCUT2D eigenvalue weighted by atomic mass is 9.85. The second-order valence-corrected chi connectivity index (χ2v) is 11.8. The Bertz CT molecular complexity index is 1580. The number of carbonyl (C=O) groups excluding carboxylic acids is 1. The molecule has 1 saturated heterocycles. The summed E-state index contributed by atoms with van der Waals surface area (Å²) >= 11 is 0. The van der Waals surface area contributed by atoms with E-state index in [1.54, 1.807) is 39.0 Å². The number of rotatable bonds is 8. The van der Waals surface area contributed by atoms with Gasteiger partial charge in [0.1, 0.15) is 24.6 Å². The second-order valence-electron chi connectivity index (χ2n) is 11.8. The van der Waals surface area contributed by atoms with E-state index in [1.807, 2.05) is 60.7 Å². The molecule has 1 atom stereocenters. The quantitative estimate of drug-likeness (QED) is 0.202. The summed E-state index contributed by atoms with van der Waals surface area (Å²) in [5.41, 5.74) is 1.88. The van der Waals surface area contributed by atoms with Crippen LogP contribution < -0.4 is 9.47 Å². The van der Waals surface area contributed by atoms with Gasteiger partial charge in [-0.05, 0) is 61.6 Å². The third kappa shape index (κ3) is 7.70. The van der Waals surface area contributed by atoms with E-state index in [-0.39, 0.29) is 31.0 Å². The van der Waals surface area contributed by atoms with Gasteiger partial charge in [-0.15, -0.1) is 0 Å². The zero-order chi connectivity index (χ0) is 31.3. The molecule has 9 heteroatoms. The third-order valence-corrected chi connectivity index (χ3v) is 7.22. The van der Waals surface area contributed by atoms with Crippen molar-refractivity contribution < 1.29 is 32.2 Å². The molecule has 1 aliphatic heterocycles. The van der Waals surface area contributed by atoms with Crippen LogP contribution in [0.25, 0.3) is 11.1 Å². The number of aromatic nitrogens is 1. The van der Waals surface area contributed by atoms with Crippen LogP contribution in [0.1, 0.15) is 49.8 Å². The molecule has 1 fully saturated rings. The SMILES string of the molecule is CC(C)(C)OC(=O)N1CCC(c2ccc(-c3ccc(OCc4ccccc4)nc3OCc3ccccc3)cc2F)C(F)(F)C1. The first-order valence-electron chi connectivity index (χ1n) is 14.5. The Morgan fingerprint density at radius 1 is 0.909 bits per heavy atom. The largest absolute Gasteiger partial charge is 0.473 e. The number of piperidine rings is 1. The third-order valence-electron chi connectivity index (χ3n) is 7.22. The van der Waals surface area contributed by atoms with Gasteiger partial charge in [-0.2, -0.15) is 4.98 Å². The predicted molar refractivity (Wildman–Crippen MR) is 161 cm³/mol. The van der Waals surface area contributed by atoms with Crippen LogP contribution in [-0.2, 0) is 18.0 Å². The molecule has 1 aliphatic rings. The van der Waals surface area contributed by atoms with Gasteiger partial charge in [0.2, 0.25) is 11.8 Å². The number of hydrogen-bond acceptors (Lipinski definition) is 5. The minimum Gasteiger partial charge on any atom is -0.473 e. The molecule has 3 aromatic carbocycles. The lowest BCUT2D eigenvalue weighted by Gasteiger charge is -2.39. The molecule has 5 rings (SSSR count). The van der Waals surface area contributed by atoms with E-state index in [4.69, 9.17) is 14.2 Å². The molecule has 1 aromatic heterocycles. The number of alkyl halides is 2. The molecule has 0 bridgehead atoms. The van der Waals surface area contributed by atoms with Crippen molar-refractivity contribution in [3.8, 4) is 22.9 Å². The molecule has 0 aliphatic carbocycles. The summed E-state index contributed by atoms with van der Waals surface area (Å²) in [5, 5.41) is 0. The Hall–Kier alpha value is -4.53. The first kappa shape index (κ1) is 30.9. The molecule has 4 aromatic rings. The maximum Gasteiger partial charge on any atom is 0.410 e. The summed E-state index contributed by atoms with van der Waals surface area (Å²) < 4.78 is 63.4. The average Bonchev–Trinajstić information content (AvgIpc) is 2.99. The molecular formula is C35H35F3N2O4. The molecule has 44 heavy (non-hydrogen) atoms. The van der Waals surface area contributed by atoms with E-state index in [0.29, 0.717) is 23.6 Å². The second kappa shape index (κ2) is 13.0. The lowest BCUT2D eigenvalue weighted by Crippen LogP contribution is -2.51. The van der Waals surface area contributed by atoms with Crippen molar-refractivity contribution in [1.82, 2.24) is 9.88 Å². The predicted octanol–water partition coefficient (Wildman–Crippen LogP) is 8.41. The lowest BCUT2D eigenvalue weighted by molar-refractivity contribution is -0.0855. The number of carbonyl (C=O) groups is 1. The highest BCUT2D eigenvalue weighted by Crippen LogP contribution is 2.43. The van der Waals surface area contributed by atoms with E-state index in [2.05, 4.69) is 4.98 Å². The smallest absolute Gasteiger partial charge is 0.410 e. The van der Waals surface area contributed by atoms with E-state index in [1.165, 1.54) is 12.1 Å². The van der Waals surface area contributed by atoms with Crippen molar-refractivity contribution in [2.75, 3.05) is 13.1 Å². The minimum absolute atomic E-state index is 0.0300. The van der Waals surface area contributed by atoms with Crippen molar-refractivity contribution in [3.63, 3.8) is 0 Å². The van der Waals surface area contributed by atoms with E-state index >= 15 is 13.2 Å². The van der Waals surface area contributed by atoms with Gasteiger partial charge in [-0.3, -0.25) is 0 Å². The van der Waals surface area contributed by atoms with Crippen LogP contribution >= 0.6 is 0 Å². The van der Waals surface area contributed by atoms with Gasteiger partial charge in [0.05, 0.1) is 12.5 Å². The molecule has 6 nitrogen and oxygen atoms in total. The van der Waals surface area contributed by atoms with Crippen LogP contribution in [0.15, 0.2) is 91.0 Å². The van der Waals surface area contributed by atoms with Crippen LogP contribution in [-0.4, -0.2) is 40.6 Å². The van der Waals surface area contributed by atoms with Crippen LogP contribution in [0.3, 0.4) is 0 Å². The molecule has 0 radical (unpaired) electrons. The van der Waals surface area contributed by atoms with E-state index in [9.17, 15) is 4.79 Å². The Morgan fingerprint density at radius 3 is 2.14 bits per heavy atom. The van der Waals surface area contributed by atoms with Crippen molar-refractivity contribution in [1.29, 1.82) is 0 Å². The van der Waals surface area contributed by atoms with Gasteiger partial charge in [-0.25, -0.2) is 18.0 Å². The maximum atomic E-state index is 15.6. The number of likely N-dealkylation sites (tertiary alicyclic amines) is 1. The molecular weight excluding hydrogens is 569 g/mol. The summed E-state index contributed by atoms with van der Waals surface area (Å²) in [6.45, 7) is 4.71. The van der Waals surface area contributed by atoms with Crippen molar-refractivity contribution >= 4 is 6.09 Å². The number of amides is 1. The number of benzene rings is 3. The van der Waals surface area contributed by atoms with Gasteiger partial charge in [0.25, 0.3) is 5.92 Å². The highest BCUT2D eigenvalue weighted by molar-refractivity contribution is 5.70. The van der Waals surface area contributed by atoms with Gasteiger partial charge < -0.3 is 19.1 Å². The monoisotopic (exact) mass is 604 g/mol. The van der Waals surface area contributed by atoms with Gasteiger partial charge >= 0.3 is 6.09 Å². The fraction of sp³-hybridized carbons (Fsp3) is 0.314. The summed E-state index contributed by atoms with van der Waals surface area (Å²) in [7, 11) is 0. The molecule has 0 spiro atoms. The Morgan fingerprint density at radius 2 is 1.55 bits per heavy atom. The number of hydrogen-bond donors (Lipinski definition) is 0. The topological polar surface area (TPSA) is 60.9 Å². The molecule has 1 amide bonds. The molecule has 1 unspecified atom stereocenters. The number of pyridine rings is 1. The Kier molecular flexibility index (Phi) is 9.13. The number of ether oxygens (including phenoxy) is 3. The summed E-state index contributed by atoms with van der Waals surface area (Å²) in [4.78, 5) is 17.9. The van der Waals surface area contributed by atoms with Gasteiger partial charge in [0, 0.05) is 18.2 Å². The van der Waals surface area contributed by atoms with Gasteiger partial charge in [-0.1, -0.05) is 72.8 Å². The zero-order valence-corrected chi connectivity index (χ0v) is 24.9. The highest BCUT2D eigenvalue weighted by Gasteiger charge is 2.48. The molecule has 0 N–H and O–H groups in total. The van der Waals surface area contributed by atoms with Crippen molar-refractivity contribution in [2.45, 2.75) is 57.8 Å². The van der Waals surface area contributed by atoms with Crippen LogP contribution in [0.4, 0.5) is 18.0 Å². The van der Waals surface area contributed by atoms with Crippen molar-refractivity contribution in [2.24, 2.45) is 0 Å². The van der Waals surface area contributed by atoms with Crippen LogP contribution in [0.2, 0.25) is 0 Å². The molecule has 2 heterocycles. The summed E-state index contributed by atoms with van der Waals surface area (Å²) in [6.07, 6.45) is -0.915. The number of nitrogens with zero attached hydrogens (tertiary/aromatic N) is 2. The average molecular weight is 605 g/mol.